The van der Waals surface area contributed by atoms with Gasteiger partial charge in [0.2, 0.25) is 0 Å². The molecule has 0 aliphatic rings. The molecule has 0 bridgehead atoms. The van der Waals surface area contributed by atoms with Gasteiger partial charge in [-0.2, -0.15) is 0 Å². The summed E-state index contributed by atoms with van der Waals surface area (Å²) in [4.78, 5) is 0. The predicted molar refractivity (Wildman–Crippen MR) is 66.3 cm³/mol. The van der Waals surface area contributed by atoms with Crippen LogP contribution in [0.5, 0.6) is 0 Å². The summed E-state index contributed by atoms with van der Waals surface area (Å²) in [5.41, 5.74) is 2.17. The van der Waals surface area contributed by atoms with E-state index in [0.717, 1.165) is 11.1 Å². The number of hydrazine groups is 1. The van der Waals surface area contributed by atoms with Crippen LogP contribution in [0.25, 0.3) is 0 Å². The summed E-state index contributed by atoms with van der Waals surface area (Å²) in [5, 5.41) is 1.71. The Morgan fingerprint density at radius 1 is 0.824 bits per heavy atom. The minimum absolute atomic E-state index is 0.222. The van der Waals surface area contributed by atoms with Gasteiger partial charge in [0.15, 0.2) is 0 Å². The van der Waals surface area contributed by atoms with Crippen LogP contribution in [-0.4, -0.2) is 5.01 Å². The molecule has 0 atom stereocenters. The molecule has 88 valence electrons. The number of rotatable bonds is 4. The summed E-state index contributed by atoms with van der Waals surface area (Å²) in [5.74, 6) is 5.69. The Hall–Kier alpha value is -1.71. The number of nitrogens with zero attached hydrogens (tertiary/aromatic N) is 1. The van der Waals surface area contributed by atoms with Gasteiger partial charge in [-0.25, -0.2) is 9.40 Å². The first-order chi connectivity index (χ1) is 8.24. The monoisotopic (exact) mass is 230 g/mol. The molecule has 0 saturated carbocycles. The third-order valence-electron chi connectivity index (χ3n) is 2.53. The van der Waals surface area contributed by atoms with Gasteiger partial charge in [0, 0.05) is 13.1 Å². The Morgan fingerprint density at radius 3 is 1.94 bits per heavy atom. The minimum Gasteiger partial charge on any atom is -0.268 e. The summed E-state index contributed by atoms with van der Waals surface area (Å²) in [6.07, 6.45) is 0. The smallest absolute Gasteiger partial charge is 0.123 e. The van der Waals surface area contributed by atoms with Crippen LogP contribution in [0.1, 0.15) is 11.1 Å². The molecule has 17 heavy (non-hydrogen) atoms. The number of hydrogen-bond donors (Lipinski definition) is 1. The second kappa shape index (κ2) is 5.57. The van der Waals surface area contributed by atoms with Crippen LogP contribution in [0, 0.1) is 5.82 Å². The highest BCUT2D eigenvalue weighted by atomic mass is 19.1. The Kier molecular flexibility index (Phi) is 3.85. The van der Waals surface area contributed by atoms with Gasteiger partial charge >= 0.3 is 0 Å². The van der Waals surface area contributed by atoms with E-state index in [-0.39, 0.29) is 5.82 Å². The molecule has 0 heterocycles. The zero-order valence-corrected chi connectivity index (χ0v) is 9.51. The standard InChI is InChI=1S/C14H15FN2/c15-14-8-6-13(7-9-14)11-17(16)10-12-4-2-1-3-5-12/h1-9H,10-11,16H2. The van der Waals surface area contributed by atoms with Crippen molar-refractivity contribution in [3.8, 4) is 0 Å². The number of nitrogens with two attached hydrogens (primary N) is 1. The maximum Gasteiger partial charge on any atom is 0.123 e. The van der Waals surface area contributed by atoms with Crippen LogP contribution in [0.3, 0.4) is 0 Å². The lowest BCUT2D eigenvalue weighted by atomic mass is 10.2. The maximum absolute atomic E-state index is 12.7. The molecule has 0 aliphatic heterocycles. The average molecular weight is 230 g/mol. The fraction of sp³-hybridized carbons (Fsp3) is 0.143. The highest BCUT2D eigenvalue weighted by Gasteiger charge is 2.02. The molecule has 2 aromatic rings. The molecule has 0 saturated heterocycles. The Balaban J connectivity index is 1.93. The first kappa shape index (κ1) is 11.8. The third-order valence-corrected chi connectivity index (χ3v) is 2.53. The van der Waals surface area contributed by atoms with E-state index in [1.54, 1.807) is 17.1 Å². The molecule has 0 spiro atoms. The summed E-state index contributed by atoms with van der Waals surface area (Å²) in [6.45, 7) is 1.29. The van der Waals surface area contributed by atoms with Gasteiger partial charge in [-0.1, -0.05) is 42.5 Å². The normalized spacial score (nSPS) is 10.8. The van der Waals surface area contributed by atoms with E-state index in [0.29, 0.717) is 13.1 Å². The zero-order chi connectivity index (χ0) is 12.1. The van der Waals surface area contributed by atoms with Crippen molar-refractivity contribution in [3.63, 3.8) is 0 Å². The third kappa shape index (κ3) is 3.66. The molecular formula is C14H15FN2. The van der Waals surface area contributed by atoms with E-state index < -0.39 is 0 Å². The van der Waals surface area contributed by atoms with Gasteiger partial charge in [0.1, 0.15) is 5.82 Å². The molecule has 0 aromatic heterocycles. The number of benzene rings is 2. The molecular weight excluding hydrogens is 215 g/mol. The van der Waals surface area contributed by atoms with Crippen molar-refractivity contribution < 1.29 is 4.39 Å². The SMILES string of the molecule is NN(Cc1ccccc1)Cc1ccc(F)cc1. The topological polar surface area (TPSA) is 29.3 Å². The second-order valence-corrected chi connectivity index (χ2v) is 4.02. The van der Waals surface area contributed by atoms with E-state index in [4.69, 9.17) is 5.84 Å². The Labute approximate surface area is 100 Å². The van der Waals surface area contributed by atoms with Crippen molar-refractivity contribution in [2.24, 2.45) is 5.84 Å². The van der Waals surface area contributed by atoms with Gasteiger partial charge in [-0.05, 0) is 23.3 Å². The van der Waals surface area contributed by atoms with Crippen LogP contribution < -0.4 is 5.84 Å². The van der Waals surface area contributed by atoms with Gasteiger partial charge in [-0.3, -0.25) is 5.84 Å². The summed E-state index contributed by atoms with van der Waals surface area (Å²) in [7, 11) is 0. The molecule has 0 aliphatic carbocycles. The lowest BCUT2D eigenvalue weighted by Gasteiger charge is -2.16. The molecule has 3 heteroatoms. The average Bonchev–Trinajstić information content (AvgIpc) is 2.33. The Morgan fingerprint density at radius 2 is 1.35 bits per heavy atom. The van der Waals surface area contributed by atoms with Crippen LogP contribution in [0.4, 0.5) is 4.39 Å². The maximum atomic E-state index is 12.7. The molecule has 2 N–H and O–H groups in total. The highest BCUT2D eigenvalue weighted by Crippen LogP contribution is 2.07. The Bertz CT molecular complexity index is 453. The summed E-state index contributed by atoms with van der Waals surface area (Å²) >= 11 is 0. The molecule has 2 nitrogen and oxygen atoms in total. The number of hydrogen-bond acceptors (Lipinski definition) is 2. The van der Waals surface area contributed by atoms with Crippen molar-refractivity contribution >= 4 is 0 Å². The molecule has 0 amide bonds. The largest absolute Gasteiger partial charge is 0.268 e. The van der Waals surface area contributed by atoms with Crippen molar-refractivity contribution in [2.45, 2.75) is 13.1 Å². The fourth-order valence-electron chi connectivity index (χ4n) is 1.70. The quantitative estimate of drug-likeness (QED) is 0.646. The van der Waals surface area contributed by atoms with E-state index in [9.17, 15) is 4.39 Å². The summed E-state index contributed by atoms with van der Waals surface area (Å²) in [6, 6.07) is 16.4. The number of halogens is 1. The first-order valence-corrected chi connectivity index (χ1v) is 5.52. The summed E-state index contributed by atoms with van der Waals surface area (Å²) < 4.78 is 12.7. The highest BCUT2D eigenvalue weighted by molar-refractivity contribution is 5.17. The lowest BCUT2D eigenvalue weighted by Crippen LogP contribution is -2.29. The first-order valence-electron chi connectivity index (χ1n) is 5.52. The molecule has 0 radical (unpaired) electrons. The van der Waals surface area contributed by atoms with E-state index >= 15 is 0 Å². The molecule has 2 rings (SSSR count). The predicted octanol–water partition coefficient (Wildman–Crippen LogP) is 2.70. The van der Waals surface area contributed by atoms with E-state index in [1.807, 2.05) is 30.3 Å². The van der Waals surface area contributed by atoms with Crippen LogP contribution in [-0.2, 0) is 13.1 Å². The van der Waals surface area contributed by atoms with E-state index in [2.05, 4.69) is 0 Å². The van der Waals surface area contributed by atoms with Crippen LogP contribution in [0.15, 0.2) is 54.6 Å². The second-order valence-electron chi connectivity index (χ2n) is 4.02. The lowest BCUT2D eigenvalue weighted by molar-refractivity contribution is 0.266. The minimum atomic E-state index is -0.222. The molecule has 2 aromatic carbocycles. The fourth-order valence-corrected chi connectivity index (χ4v) is 1.70. The van der Waals surface area contributed by atoms with Crippen molar-refractivity contribution in [2.75, 3.05) is 0 Å². The molecule has 0 unspecified atom stereocenters. The van der Waals surface area contributed by atoms with Crippen molar-refractivity contribution in [1.82, 2.24) is 5.01 Å². The van der Waals surface area contributed by atoms with Gasteiger partial charge in [-0.15, -0.1) is 0 Å². The van der Waals surface area contributed by atoms with Crippen LogP contribution in [0.2, 0.25) is 0 Å². The van der Waals surface area contributed by atoms with Gasteiger partial charge in [0.05, 0.1) is 0 Å². The van der Waals surface area contributed by atoms with Crippen molar-refractivity contribution in [1.29, 1.82) is 0 Å². The molecule has 0 fully saturated rings. The van der Waals surface area contributed by atoms with Gasteiger partial charge < -0.3 is 0 Å². The zero-order valence-electron chi connectivity index (χ0n) is 9.51. The van der Waals surface area contributed by atoms with Gasteiger partial charge in [0.25, 0.3) is 0 Å². The van der Waals surface area contributed by atoms with E-state index in [1.165, 1.54) is 12.1 Å². The van der Waals surface area contributed by atoms with Crippen molar-refractivity contribution in [3.05, 3.63) is 71.5 Å². The van der Waals surface area contributed by atoms with Crippen LogP contribution >= 0.6 is 0 Å².